The SMILES string of the molecule is Cc1sc(-c2nsc(N)n2)cc1Br. The van der Waals surface area contributed by atoms with E-state index in [0.29, 0.717) is 5.13 Å². The van der Waals surface area contributed by atoms with Crippen molar-refractivity contribution in [1.82, 2.24) is 9.36 Å². The Bertz CT molecular complexity index is 415. The number of hydrogen-bond donors (Lipinski definition) is 1. The summed E-state index contributed by atoms with van der Waals surface area (Å²) in [5, 5.41) is 0.511. The van der Waals surface area contributed by atoms with Gasteiger partial charge in [0.2, 0.25) is 0 Å². The first-order chi connectivity index (χ1) is 6.16. The minimum Gasteiger partial charge on any atom is -0.374 e. The van der Waals surface area contributed by atoms with Gasteiger partial charge in [-0.25, -0.2) is 0 Å². The van der Waals surface area contributed by atoms with Crippen LogP contribution in [0.15, 0.2) is 10.5 Å². The van der Waals surface area contributed by atoms with E-state index in [9.17, 15) is 0 Å². The minimum atomic E-state index is 0.511. The van der Waals surface area contributed by atoms with Crippen molar-refractivity contribution in [3.63, 3.8) is 0 Å². The Kier molecular flexibility index (Phi) is 2.35. The van der Waals surface area contributed by atoms with Gasteiger partial charge in [0.15, 0.2) is 11.0 Å². The highest BCUT2D eigenvalue weighted by Crippen LogP contribution is 2.33. The van der Waals surface area contributed by atoms with Crippen molar-refractivity contribution in [1.29, 1.82) is 0 Å². The number of thiophene rings is 1. The first-order valence-electron chi connectivity index (χ1n) is 3.52. The second-order valence-corrected chi connectivity index (χ2v) is 5.37. The Morgan fingerprint density at radius 1 is 1.54 bits per heavy atom. The van der Waals surface area contributed by atoms with E-state index >= 15 is 0 Å². The molecule has 0 aliphatic rings. The van der Waals surface area contributed by atoms with Gasteiger partial charge in [0.25, 0.3) is 0 Å². The van der Waals surface area contributed by atoms with Crippen molar-refractivity contribution in [3.8, 4) is 10.7 Å². The Morgan fingerprint density at radius 3 is 2.77 bits per heavy atom. The predicted molar refractivity (Wildman–Crippen MR) is 60.1 cm³/mol. The standard InChI is InChI=1S/C7H6BrN3S2/c1-3-4(8)2-5(12-3)6-10-7(9)13-11-6/h2H,1H3,(H2,9,10,11). The summed E-state index contributed by atoms with van der Waals surface area (Å²) in [5.41, 5.74) is 5.50. The summed E-state index contributed by atoms with van der Waals surface area (Å²) < 4.78 is 5.23. The lowest BCUT2D eigenvalue weighted by molar-refractivity contribution is 1.35. The van der Waals surface area contributed by atoms with Crippen molar-refractivity contribution < 1.29 is 0 Å². The van der Waals surface area contributed by atoms with Crippen LogP contribution in [0.3, 0.4) is 0 Å². The van der Waals surface area contributed by atoms with E-state index in [0.717, 1.165) is 15.2 Å². The number of anilines is 1. The molecule has 13 heavy (non-hydrogen) atoms. The van der Waals surface area contributed by atoms with Gasteiger partial charge in [-0.3, -0.25) is 0 Å². The van der Waals surface area contributed by atoms with Gasteiger partial charge in [0.1, 0.15) is 0 Å². The fourth-order valence-corrected chi connectivity index (χ4v) is 2.88. The number of aromatic nitrogens is 2. The number of nitrogens with zero attached hydrogens (tertiary/aromatic N) is 2. The molecule has 2 N–H and O–H groups in total. The smallest absolute Gasteiger partial charge is 0.200 e. The van der Waals surface area contributed by atoms with Gasteiger partial charge in [0, 0.05) is 20.9 Å². The quantitative estimate of drug-likeness (QED) is 0.871. The first kappa shape index (κ1) is 9.11. The third-order valence-corrected chi connectivity index (χ3v) is 4.19. The maximum Gasteiger partial charge on any atom is 0.200 e. The number of nitrogen functional groups attached to an aromatic ring is 1. The van der Waals surface area contributed by atoms with Crippen molar-refractivity contribution in [2.24, 2.45) is 0 Å². The molecule has 0 aliphatic heterocycles. The fraction of sp³-hybridized carbons (Fsp3) is 0.143. The highest BCUT2D eigenvalue weighted by molar-refractivity contribution is 9.10. The van der Waals surface area contributed by atoms with Crippen molar-refractivity contribution in [3.05, 3.63) is 15.4 Å². The molecule has 0 fully saturated rings. The molecule has 2 heterocycles. The number of hydrogen-bond acceptors (Lipinski definition) is 5. The second kappa shape index (κ2) is 3.36. The average molecular weight is 276 g/mol. The van der Waals surface area contributed by atoms with Crippen LogP contribution in [0.5, 0.6) is 0 Å². The highest BCUT2D eigenvalue weighted by atomic mass is 79.9. The third-order valence-electron chi connectivity index (χ3n) is 1.52. The Labute approximate surface area is 91.9 Å². The lowest BCUT2D eigenvalue weighted by atomic mass is 10.4. The van der Waals surface area contributed by atoms with Gasteiger partial charge in [-0.15, -0.1) is 11.3 Å². The van der Waals surface area contributed by atoms with Crippen LogP contribution in [-0.2, 0) is 0 Å². The second-order valence-electron chi connectivity index (χ2n) is 2.47. The molecule has 6 heteroatoms. The van der Waals surface area contributed by atoms with E-state index in [1.807, 2.05) is 13.0 Å². The third kappa shape index (κ3) is 1.74. The lowest BCUT2D eigenvalue weighted by Crippen LogP contribution is -1.81. The number of aryl methyl sites for hydroxylation is 1. The zero-order valence-electron chi connectivity index (χ0n) is 6.74. The Hall–Kier alpha value is -0.460. The van der Waals surface area contributed by atoms with Crippen molar-refractivity contribution in [2.75, 3.05) is 5.73 Å². The summed E-state index contributed by atoms with van der Waals surface area (Å²) >= 11 is 6.33. The van der Waals surface area contributed by atoms with Crippen molar-refractivity contribution >= 4 is 43.9 Å². The van der Waals surface area contributed by atoms with Crippen LogP contribution in [0.25, 0.3) is 10.7 Å². The first-order valence-corrected chi connectivity index (χ1v) is 5.90. The molecule has 0 aliphatic carbocycles. The highest BCUT2D eigenvalue weighted by Gasteiger charge is 2.09. The molecule has 2 rings (SSSR count). The molecule has 0 saturated carbocycles. The maximum absolute atomic E-state index is 5.50. The average Bonchev–Trinajstić information content (AvgIpc) is 2.61. The molecule has 0 aromatic carbocycles. The molecule has 0 spiro atoms. The number of nitrogens with two attached hydrogens (primary N) is 1. The minimum absolute atomic E-state index is 0.511. The fourth-order valence-electron chi connectivity index (χ4n) is 0.905. The largest absolute Gasteiger partial charge is 0.374 e. The summed E-state index contributed by atoms with van der Waals surface area (Å²) in [6.45, 7) is 2.05. The van der Waals surface area contributed by atoms with Crippen LogP contribution in [0.2, 0.25) is 0 Å². The predicted octanol–water partition coefficient (Wildman–Crippen LogP) is 2.92. The molecule has 3 nitrogen and oxygen atoms in total. The monoisotopic (exact) mass is 275 g/mol. The molecule has 0 unspecified atom stereocenters. The number of rotatable bonds is 1. The van der Waals surface area contributed by atoms with Gasteiger partial charge in [-0.1, -0.05) is 0 Å². The van der Waals surface area contributed by atoms with Crippen molar-refractivity contribution in [2.45, 2.75) is 6.92 Å². The van der Waals surface area contributed by atoms with Crippen LogP contribution in [0.1, 0.15) is 4.88 Å². The summed E-state index contributed by atoms with van der Waals surface area (Å²) in [7, 11) is 0. The normalized spacial score (nSPS) is 10.6. The summed E-state index contributed by atoms with van der Waals surface area (Å²) in [6, 6.07) is 2.02. The Morgan fingerprint density at radius 2 is 2.31 bits per heavy atom. The van der Waals surface area contributed by atoms with Crippen LogP contribution >= 0.6 is 38.8 Å². The van der Waals surface area contributed by atoms with E-state index in [-0.39, 0.29) is 0 Å². The molecule has 0 amide bonds. The van der Waals surface area contributed by atoms with Crippen LogP contribution < -0.4 is 5.73 Å². The Balaban J connectivity index is 2.46. The van der Waals surface area contributed by atoms with Gasteiger partial charge >= 0.3 is 0 Å². The summed E-state index contributed by atoms with van der Waals surface area (Å²) in [6.07, 6.45) is 0. The molecule has 0 radical (unpaired) electrons. The van der Waals surface area contributed by atoms with Crippen LogP contribution in [-0.4, -0.2) is 9.36 Å². The summed E-state index contributed by atoms with van der Waals surface area (Å²) in [4.78, 5) is 6.39. The summed E-state index contributed by atoms with van der Waals surface area (Å²) in [5.74, 6) is 0.723. The van der Waals surface area contributed by atoms with Gasteiger partial charge in [0.05, 0.1) is 4.88 Å². The lowest BCUT2D eigenvalue weighted by Gasteiger charge is -1.83. The van der Waals surface area contributed by atoms with E-state index in [1.54, 1.807) is 11.3 Å². The van der Waals surface area contributed by atoms with Gasteiger partial charge in [-0.2, -0.15) is 9.36 Å². The van der Waals surface area contributed by atoms with Gasteiger partial charge < -0.3 is 5.73 Å². The molecule has 2 aromatic rings. The zero-order valence-corrected chi connectivity index (χ0v) is 9.96. The van der Waals surface area contributed by atoms with E-state index in [2.05, 4.69) is 25.3 Å². The molecule has 0 atom stereocenters. The van der Waals surface area contributed by atoms with Crippen LogP contribution in [0.4, 0.5) is 5.13 Å². The van der Waals surface area contributed by atoms with E-state index in [1.165, 1.54) is 16.4 Å². The molecule has 68 valence electrons. The van der Waals surface area contributed by atoms with Gasteiger partial charge in [-0.05, 0) is 28.9 Å². The number of halogens is 1. The topological polar surface area (TPSA) is 51.8 Å². The molecule has 0 bridgehead atoms. The molecular weight excluding hydrogens is 270 g/mol. The van der Waals surface area contributed by atoms with Crippen LogP contribution in [0, 0.1) is 6.92 Å². The van der Waals surface area contributed by atoms with E-state index < -0.39 is 0 Å². The molecule has 2 aromatic heterocycles. The maximum atomic E-state index is 5.50. The zero-order chi connectivity index (χ0) is 9.42. The molecular formula is C7H6BrN3S2. The molecule has 0 saturated heterocycles. The van der Waals surface area contributed by atoms with E-state index in [4.69, 9.17) is 5.73 Å².